The van der Waals surface area contributed by atoms with Crippen molar-refractivity contribution in [1.82, 2.24) is 15.2 Å². The Balaban J connectivity index is 1.88. The van der Waals surface area contributed by atoms with Crippen LogP contribution in [0.2, 0.25) is 0 Å². The summed E-state index contributed by atoms with van der Waals surface area (Å²) in [4.78, 5) is 16.3. The van der Waals surface area contributed by atoms with E-state index in [0.717, 1.165) is 5.56 Å². The highest BCUT2D eigenvalue weighted by Gasteiger charge is 2.18. The highest BCUT2D eigenvalue weighted by Crippen LogP contribution is 2.22. The molecule has 0 fully saturated rings. The SMILES string of the molecule is Cc1oc(-c2ccccc2)nc1C(=O)Nc1nncs1. The van der Waals surface area contributed by atoms with E-state index >= 15 is 0 Å². The number of benzene rings is 1. The lowest BCUT2D eigenvalue weighted by Crippen LogP contribution is -2.13. The zero-order valence-electron chi connectivity index (χ0n) is 10.5. The van der Waals surface area contributed by atoms with Crippen molar-refractivity contribution in [2.75, 3.05) is 5.32 Å². The molecule has 0 saturated carbocycles. The number of carbonyl (C=O) groups excluding carboxylic acids is 1. The lowest BCUT2D eigenvalue weighted by atomic mass is 10.2. The van der Waals surface area contributed by atoms with E-state index in [2.05, 4.69) is 20.5 Å². The minimum absolute atomic E-state index is 0.249. The Morgan fingerprint density at radius 3 is 2.80 bits per heavy atom. The Hall–Kier alpha value is -2.54. The third-order valence-electron chi connectivity index (χ3n) is 2.61. The van der Waals surface area contributed by atoms with Gasteiger partial charge >= 0.3 is 0 Å². The molecule has 3 aromatic rings. The lowest BCUT2D eigenvalue weighted by molar-refractivity contribution is 0.102. The standard InChI is InChI=1S/C13H10N4O2S/c1-8-10(11(18)16-13-17-14-7-20-13)15-12(19-8)9-5-3-2-4-6-9/h2-7H,1H3,(H,16,17,18). The van der Waals surface area contributed by atoms with E-state index in [-0.39, 0.29) is 11.6 Å². The molecule has 6 nitrogen and oxygen atoms in total. The van der Waals surface area contributed by atoms with Crippen LogP contribution in [0, 0.1) is 6.92 Å². The van der Waals surface area contributed by atoms with Crippen molar-refractivity contribution in [3.63, 3.8) is 0 Å². The number of hydrogen-bond acceptors (Lipinski definition) is 6. The van der Waals surface area contributed by atoms with Gasteiger partial charge in [-0.15, -0.1) is 10.2 Å². The first-order valence-corrected chi connectivity index (χ1v) is 6.72. The van der Waals surface area contributed by atoms with E-state index in [4.69, 9.17) is 4.42 Å². The summed E-state index contributed by atoms with van der Waals surface area (Å²) in [5, 5.41) is 10.5. The molecule has 3 rings (SSSR count). The highest BCUT2D eigenvalue weighted by molar-refractivity contribution is 7.13. The van der Waals surface area contributed by atoms with Gasteiger partial charge in [0.25, 0.3) is 5.91 Å². The molecule has 20 heavy (non-hydrogen) atoms. The number of nitrogens with zero attached hydrogens (tertiary/aromatic N) is 3. The molecule has 1 N–H and O–H groups in total. The maximum absolute atomic E-state index is 12.1. The average molecular weight is 286 g/mol. The zero-order valence-corrected chi connectivity index (χ0v) is 11.3. The van der Waals surface area contributed by atoms with Gasteiger partial charge in [-0.2, -0.15) is 0 Å². The number of hydrogen-bond donors (Lipinski definition) is 1. The topological polar surface area (TPSA) is 80.9 Å². The monoisotopic (exact) mass is 286 g/mol. The second-order valence-electron chi connectivity index (χ2n) is 3.99. The van der Waals surface area contributed by atoms with Crippen LogP contribution in [0.15, 0.2) is 40.3 Å². The third-order valence-corrected chi connectivity index (χ3v) is 3.22. The summed E-state index contributed by atoms with van der Waals surface area (Å²) in [5.74, 6) is 0.529. The molecular formula is C13H10N4O2S. The van der Waals surface area contributed by atoms with E-state index in [9.17, 15) is 4.79 Å². The van der Waals surface area contributed by atoms with Crippen LogP contribution in [0.1, 0.15) is 16.2 Å². The number of rotatable bonds is 3. The average Bonchev–Trinajstić information content (AvgIpc) is 3.09. The molecule has 0 saturated heterocycles. The summed E-state index contributed by atoms with van der Waals surface area (Å²) in [6, 6.07) is 9.42. The predicted molar refractivity (Wildman–Crippen MR) is 74.5 cm³/mol. The third kappa shape index (κ3) is 2.43. The molecule has 7 heteroatoms. The molecule has 100 valence electrons. The van der Waals surface area contributed by atoms with E-state index < -0.39 is 0 Å². The summed E-state index contributed by atoms with van der Waals surface area (Å²) < 4.78 is 5.54. The van der Waals surface area contributed by atoms with E-state index in [1.807, 2.05) is 30.3 Å². The van der Waals surface area contributed by atoms with E-state index in [1.165, 1.54) is 11.3 Å². The molecule has 0 aliphatic rings. The molecule has 0 aliphatic carbocycles. The lowest BCUT2D eigenvalue weighted by Gasteiger charge is -1.96. The molecular weight excluding hydrogens is 276 g/mol. The van der Waals surface area contributed by atoms with Gasteiger partial charge in [0.05, 0.1) is 0 Å². The maximum atomic E-state index is 12.1. The molecule has 0 aliphatic heterocycles. The summed E-state index contributed by atoms with van der Waals surface area (Å²) in [7, 11) is 0. The molecule has 0 atom stereocenters. The van der Waals surface area contributed by atoms with Crippen molar-refractivity contribution in [1.29, 1.82) is 0 Å². The Morgan fingerprint density at radius 1 is 1.30 bits per heavy atom. The van der Waals surface area contributed by atoms with Crippen LogP contribution in [0.4, 0.5) is 5.13 Å². The summed E-state index contributed by atoms with van der Waals surface area (Å²) in [6.45, 7) is 1.70. The molecule has 0 spiro atoms. The fourth-order valence-electron chi connectivity index (χ4n) is 1.70. The normalized spacial score (nSPS) is 10.4. The van der Waals surface area contributed by atoms with Gasteiger partial charge in [0.2, 0.25) is 11.0 Å². The van der Waals surface area contributed by atoms with Gasteiger partial charge in [-0.05, 0) is 19.1 Å². The van der Waals surface area contributed by atoms with Gasteiger partial charge < -0.3 is 4.42 Å². The first-order chi connectivity index (χ1) is 9.74. The zero-order chi connectivity index (χ0) is 13.9. The molecule has 1 aromatic carbocycles. The number of amides is 1. The van der Waals surface area contributed by atoms with Gasteiger partial charge in [-0.1, -0.05) is 29.5 Å². The van der Waals surface area contributed by atoms with Crippen molar-refractivity contribution in [2.45, 2.75) is 6.92 Å². The minimum atomic E-state index is -0.356. The molecule has 2 aromatic heterocycles. The molecule has 1 amide bonds. The van der Waals surface area contributed by atoms with Crippen LogP contribution in [0.3, 0.4) is 0 Å². The number of aryl methyl sites for hydroxylation is 1. The fraction of sp³-hybridized carbons (Fsp3) is 0.0769. The second-order valence-corrected chi connectivity index (χ2v) is 4.82. The van der Waals surface area contributed by atoms with Crippen LogP contribution in [-0.4, -0.2) is 21.1 Å². The van der Waals surface area contributed by atoms with Crippen LogP contribution < -0.4 is 5.32 Å². The smallest absolute Gasteiger partial charge is 0.279 e. The van der Waals surface area contributed by atoms with Crippen molar-refractivity contribution >= 4 is 22.4 Å². The molecule has 0 radical (unpaired) electrons. The first kappa shape index (κ1) is 12.5. The van der Waals surface area contributed by atoms with Gasteiger partial charge in [-0.3, -0.25) is 10.1 Å². The maximum Gasteiger partial charge on any atom is 0.279 e. The van der Waals surface area contributed by atoms with E-state index in [1.54, 1.807) is 12.4 Å². The molecule has 2 heterocycles. The molecule has 0 unspecified atom stereocenters. The van der Waals surface area contributed by atoms with Gasteiger partial charge in [0, 0.05) is 5.56 Å². The van der Waals surface area contributed by atoms with E-state index in [0.29, 0.717) is 16.8 Å². The van der Waals surface area contributed by atoms with Gasteiger partial charge in [0.1, 0.15) is 11.3 Å². The largest absolute Gasteiger partial charge is 0.441 e. The minimum Gasteiger partial charge on any atom is -0.441 e. The van der Waals surface area contributed by atoms with Crippen LogP contribution in [-0.2, 0) is 0 Å². The number of oxazole rings is 1. The van der Waals surface area contributed by atoms with Crippen LogP contribution >= 0.6 is 11.3 Å². The van der Waals surface area contributed by atoms with Crippen molar-refractivity contribution in [3.8, 4) is 11.5 Å². The number of anilines is 1. The Labute approximate surface area is 118 Å². The summed E-state index contributed by atoms with van der Waals surface area (Å²) in [5.41, 5.74) is 2.62. The fourth-order valence-corrected chi connectivity index (χ4v) is 2.14. The number of carbonyl (C=O) groups is 1. The predicted octanol–water partition coefficient (Wildman–Crippen LogP) is 2.75. The van der Waals surface area contributed by atoms with Crippen molar-refractivity contribution in [2.24, 2.45) is 0 Å². The Bertz CT molecular complexity index is 722. The van der Waals surface area contributed by atoms with Gasteiger partial charge in [0.15, 0.2) is 5.69 Å². The number of aromatic nitrogens is 3. The summed E-state index contributed by atoms with van der Waals surface area (Å²) >= 11 is 1.24. The molecule has 0 bridgehead atoms. The quantitative estimate of drug-likeness (QED) is 0.800. The van der Waals surface area contributed by atoms with Crippen LogP contribution in [0.5, 0.6) is 0 Å². The second kappa shape index (κ2) is 5.22. The Kier molecular flexibility index (Phi) is 3.26. The Morgan fingerprint density at radius 2 is 2.10 bits per heavy atom. The highest BCUT2D eigenvalue weighted by atomic mass is 32.1. The van der Waals surface area contributed by atoms with Crippen LogP contribution in [0.25, 0.3) is 11.5 Å². The van der Waals surface area contributed by atoms with Gasteiger partial charge in [-0.25, -0.2) is 4.98 Å². The van der Waals surface area contributed by atoms with Crippen molar-refractivity contribution < 1.29 is 9.21 Å². The van der Waals surface area contributed by atoms with Crippen molar-refractivity contribution in [3.05, 3.63) is 47.3 Å². The number of nitrogens with one attached hydrogen (secondary N) is 1. The first-order valence-electron chi connectivity index (χ1n) is 5.84. The summed E-state index contributed by atoms with van der Waals surface area (Å²) in [6.07, 6.45) is 0.